The van der Waals surface area contributed by atoms with E-state index in [0.29, 0.717) is 12.0 Å². The van der Waals surface area contributed by atoms with E-state index >= 15 is 0 Å². The van der Waals surface area contributed by atoms with Gasteiger partial charge in [-0.25, -0.2) is 0 Å². The quantitative estimate of drug-likeness (QED) is 0.730. The first kappa shape index (κ1) is 14.0. The molecule has 2 aliphatic rings. The summed E-state index contributed by atoms with van der Waals surface area (Å²) in [5, 5.41) is 1.27. The number of benzene rings is 1. The molecule has 4 rings (SSSR count). The molecule has 0 saturated heterocycles. The number of fused-ring (bicyclic) bond motifs is 2. The minimum atomic E-state index is 0.419. The number of pyridine rings is 1. The number of para-hydroxylation sites is 1. The fraction of sp³-hybridized carbons (Fsp3) is 0.190. The second-order valence-electron chi connectivity index (χ2n) is 6.25. The van der Waals surface area contributed by atoms with Crippen LogP contribution in [0.25, 0.3) is 17.0 Å². The zero-order valence-electron chi connectivity index (χ0n) is 13.6. The van der Waals surface area contributed by atoms with Crippen LogP contribution < -0.4 is 4.57 Å². The van der Waals surface area contributed by atoms with Gasteiger partial charge in [0.1, 0.15) is 7.05 Å². The molecule has 0 bridgehead atoms. The van der Waals surface area contributed by atoms with Crippen molar-refractivity contribution in [3.63, 3.8) is 0 Å². The van der Waals surface area contributed by atoms with E-state index < -0.39 is 0 Å². The summed E-state index contributed by atoms with van der Waals surface area (Å²) in [6.07, 6.45) is 15.6. The van der Waals surface area contributed by atoms with Gasteiger partial charge >= 0.3 is 0 Å². The molecule has 23 heavy (non-hydrogen) atoms. The average Bonchev–Trinajstić information content (AvgIpc) is 2.60. The van der Waals surface area contributed by atoms with E-state index in [1.165, 1.54) is 22.3 Å². The van der Waals surface area contributed by atoms with E-state index in [0.717, 1.165) is 0 Å². The maximum Gasteiger partial charge on any atom is 0.212 e. The van der Waals surface area contributed by atoms with Crippen LogP contribution in [-0.4, -0.2) is 18.0 Å². The Morgan fingerprint density at radius 3 is 2.74 bits per heavy atom. The van der Waals surface area contributed by atoms with Crippen molar-refractivity contribution in [3.8, 4) is 0 Å². The molecule has 1 aromatic carbocycles. The lowest BCUT2D eigenvalue weighted by Crippen LogP contribution is -2.38. The summed E-state index contributed by atoms with van der Waals surface area (Å²) in [5.41, 5.74) is 3.71. The first-order valence-electron chi connectivity index (χ1n) is 8.09. The van der Waals surface area contributed by atoms with E-state index in [1.807, 2.05) is 0 Å². The molecule has 1 aliphatic carbocycles. The molecule has 0 amide bonds. The Labute approximate surface area is 137 Å². The molecule has 2 heteroatoms. The maximum atomic E-state index is 2.36. The lowest BCUT2D eigenvalue weighted by molar-refractivity contribution is -0.646. The van der Waals surface area contributed by atoms with E-state index in [2.05, 4.69) is 102 Å². The maximum absolute atomic E-state index is 2.36. The largest absolute Gasteiger partial charge is 0.367 e. The molecule has 0 radical (unpaired) electrons. The van der Waals surface area contributed by atoms with Crippen molar-refractivity contribution in [2.75, 3.05) is 7.05 Å². The van der Waals surface area contributed by atoms with Crippen LogP contribution >= 0.6 is 0 Å². The highest BCUT2D eigenvalue weighted by Gasteiger charge is 2.25. The summed E-state index contributed by atoms with van der Waals surface area (Å²) in [4.78, 5) is 2.36. The lowest BCUT2D eigenvalue weighted by atomic mass is 9.90. The van der Waals surface area contributed by atoms with Gasteiger partial charge < -0.3 is 4.90 Å². The third kappa shape index (κ3) is 2.40. The molecule has 2 heterocycles. The zero-order chi connectivity index (χ0) is 15.8. The van der Waals surface area contributed by atoms with Crippen LogP contribution in [0.4, 0.5) is 0 Å². The number of hydrogen-bond acceptors (Lipinski definition) is 1. The molecule has 0 N–H and O–H groups in total. The highest BCUT2D eigenvalue weighted by molar-refractivity contribution is 5.76. The average molecular weight is 301 g/mol. The Kier molecular flexibility index (Phi) is 3.38. The summed E-state index contributed by atoms with van der Waals surface area (Å²) in [6, 6.07) is 13.3. The van der Waals surface area contributed by atoms with Gasteiger partial charge in [-0.2, -0.15) is 4.57 Å². The minimum absolute atomic E-state index is 0.419. The van der Waals surface area contributed by atoms with Crippen molar-refractivity contribution in [1.82, 2.24) is 4.90 Å². The first-order valence-corrected chi connectivity index (χ1v) is 8.09. The van der Waals surface area contributed by atoms with Gasteiger partial charge in [-0.15, -0.1) is 0 Å². The van der Waals surface area contributed by atoms with Crippen LogP contribution in [0.3, 0.4) is 0 Å². The predicted octanol–water partition coefficient (Wildman–Crippen LogP) is 3.62. The first-order chi connectivity index (χ1) is 11.2. The Morgan fingerprint density at radius 2 is 1.83 bits per heavy atom. The summed E-state index contributed by atoms with van der Waals surface area (Å²) in [7, 11) is 4.31. The van der Waals surface area contributed by atoms with E-state index in [1.54, 1.807) is 0 Å². The van der Waals surface area contributed by atoms with Crippen LogP contribution in [0.5, 0.6) is 0 Å². The fourth-order valence-electron chi connectivity index (χ4n) is 3.48. The molecular formula is C21H21N2+. The van der Waals surface area contributed by atoms with Crippen LogP contribution in [0.15, 0.2) is 78.6 Å². The Morgan fingerprint density at radius 1 is 1.00 bits per heavy atom. The van der Waals surface area contributed by atoms with Gasteiger partial charge in [0, 0.05) is 42.3 Å². The van der Waals surface area contributed by atoms with Gasteiger partial charge in [-0.05, 0) is 18.2 Å². The summed E-state index contributed by atoms with van der Waals surface area (Å²) in [5.74, 6) is 0.479. The molecular weight excluding hydrogens is 280 g/mol. The van der Waals surface area contributed by atoms with Gasteiger partial charge in [0.25, 0.3) is 0 Å². The number of hydrogen-bond donors (Lipinski definition) is 0. The summed E-state index contributed by atoms with van der Waals surface area (Å²) >= 11 is 0. The Bertz CT molecular complexity index is 871. The number of aromatic nitrogens is 1. The van der Waals surface area contributed by atoms with E-state index in [-0.39, 0.29) is 0 Å². The van der Waals surface area contributed by atoms with Crippen molar-refractivity contribution >= 4 is 17.0 Å². The highest BCUT2D eigenvalue weighted by atomic mass is 15.1. The molecule has 0 fully saturated rings. The SMILES string of the molecule is CN1/C(=C/c2ccc3ccccc3[n+]2C)C=C[C@@H]2C=CC=C[C@H]21. The van der Waals surface area contributed by atoms with Crippen molar-refractivity contribution in [2.24, 2.45) is 13.0 Å². The normalized spacial score (nSPS) is 24.4. The van der Waals surface area contributed by atoms with Crippen LogP contribution in [0.1, 0.15) is 5.69 Å². The van der Waals surface area contributed by atoms with E-state index in [9.17, 15) is 0 Å². The third-order valence-corrected chi connectivity index (χ3v) is 4.91. The van der Waals surface area contributed by atoms with Gasteiger partial charge in [0.2, 0.25) is 11.2 Å². The summed E-state index contributed by atoms with van der Waals surface area (Å²) in [6.45, 7) is 0. The van der Waals surface area contributed by atoms with Crippen LogP contribution in [-0.2, 0) is 7.05 Å². The molecule has 0 spiro atoms. The highest BCUT2D eigenvalue weighted by Crippen LogP contribution is 2.28. The van der Waals surface area contributed by atoms with Crippen molar-refractivity contribution < 1.29 is 4.57 Å². The predicted molar refractivity (Wildman–Crippen MR) is 95.6 cm³/mol. The Hall–Kier alpha value is -2.61. The lowest BCUT2D eigenvalue weighted by Gasteiger charge is -2.36. The molecule has 114 valence electrons. The van der Waals surface area contributed by atoms with Crippen LogP contribution in [0, 0.1) is 5.92 Å². The number of nitrogens with zero attached hydrogens (tertiary/aromatic N) is 2. The standard InChI is InChI=1S/C21H21N2/c1-22-18(13-11-16-7-3-5-9-20(16)22)15-19-14-12-17-8-4-6-10-21(17)23(19)2/h3-16,20H,1-2H3/q+1/t16-,20+/m0/s1. The molecule has 0 saturated carbocycles. The van der Waals surface area contributed by atoms with E-state index in [4.69, 9.17) is 0 Å². The van der Waals surface area contributed by atoms with Crippen molar-refractivity contribution in [1.29, 1.82) is 0 Å². The zero-order valence-corrected chi connectivity index (χ0v) is 13.6. The smallest absolute Gasteiger partial charge is 0.212 e. The van der Waals surface area contributed by atoms with Crippen molar-refractivity contribution in [3.05, 3.63) is 84.2 Å². The molecule has 1 aliphatic heterocycles. The fourth-order valence-corrected chi connectivity index (χ4v) is 3.48. The topological polar surface area (TPSA) is 7.12 Å². The van der Waals surface area contributed by atoms with Crippen molar-refractivity contribution in [2.45, 2.75) is 6.04 Å². The molecule has 0 unspecified atom stereocenters. The number of aryl methyl sites for hydroxylation is 1. The Balaban J connectivity index is 1.77. The molecule has 2 nitrogen and oxygen atoms in total. The molecule has 1 aromatic heterocycles. The molecule has 2 atom stereocenters. The number of allylic oxidation sites excluding steroid dienone is 3. The monoisotopic (exact) mass is 301 g/mol. The van der Waals surface area contributed by atoms with Gasteiger partial charge in [-0.1, -0.05) is 42.5 Å². The van der Waals surface area contributed by atoms with Gasteiger partial charge in [-0.3, -0.25) is 0 Å². The van der Waals surface area contributed by atoms with Gasteiger partial charge in [0.05, 0.1) is 6.04 Å². The minimum Gasteiger partial charge on any atom is -0.367 e. The molecule has 2 aromatic rings. The second kappa shape index (κ2) is 5.54. The number of rotatable bonds is 1. The third-order valence-electron chi connectivity index (χ3n) is 4.91. The van der Waals surface area contributed by atoms with Gasteiger partial charge in [0.15, 0.2) is 0 Å². The number of likely N-dealkylation sites (N-methyl/N-ethyl adjacent to an activating group) is 1. The summed E-state index contributed by atoms with van der Waals surface area (Å²) < 4.78 is 2.26. The second-order valence-corrected chi connectivity index (χ2v) is 6.25. The van der Waals surface area contributed by atoms with Crippen LogP contribution in [0.2, 0.25) is 0 Å².